The lowest BCUT2D eigenvalue weighted by atomic mass is 10.3. The van der Waals surface area contributed by atoms with Crippen LogP contribution in [0.4, 0.5) is 17.6 Å². The van der Waals surface area contributed by atoms with Crippen LogP contribution in [-0.4, -0.2) is 0 Å². The molecular weight excluding hydrogens is 164 g/mol. The van der Waals surface area contributed by atoms with Crippen LogP contribution in [0.5, 0.6) is 0 Å². The fourth-order valence-electron chi connectivity index (χ4n) is 0.873. The van der Waals surface area contributed by atoms with Crippen molar-refractivity contribution in [2.45, 2.75) is 0 Å². The van der Waals surface area contributed by atoms with E-state index in [4.69, 9.17) is 0 Å². The number of furan rings is 2. The number of halogens is 4. The standard InChI is InChI=1S/C6F4O/c7-1-2(8)6-4(10)3(9)5(1)11-6. The molecule has 0 atom stereocenters. The van der Waals surface area contributed by atoms with Crippen LogP contribution in [-0.2, 0) is 0 Å². The van der Waals surface area contributed by atoms with Crippen molar-refractivity contribution in [2.24, 2.45) is 0 Å². The Hall–Kier alpha value is -1.26. The van der Waals surface area contributed by atoms with Gasteiger partial charge in [-0.15, -0.1) is 0 Å². The van der Waals surface area contributed by atoms with Crippen molar-refractivity contribution in [1.29, 1.82) is 0 Å². The molecular formula is C6F4O. The second-order valence-corrected chi connectivity index (χ2v) is 2.02. The average Bonchev–Trinajstić information content (AvgIpc) is 2.40. The van der Waals surface area contributed by atoms with E-state index >= 15 is 0 Å². The van der Waals surface area contributed by atoms with Gasteiger partial charge in [-0.1, -0.05) is 0 Å². The van der Waals surface area contributed by atoms with Gasteiger partial charge < -0.3 is 4.42 Å². The van der Waals surface area contributed by atoms with Gasteiger partial charge in [0.25, 0.3) is 0 Å². The summed E-state index contributed by atoms with van der Waals surface area (Å²) in [7, 11) is 0. The minimum Gasteiger partial charge on any atom is -0.444 e. The van der Waals surface area contributed by atoms with Gasteiger partial charge in [-0.3, -0.25) is 0 Å². The van der Waals surface area contributed by atoms with Crippen LogP contribution in [0.25, 0.3) is 11.2 Å². The van der Waals surface area contributed by atoms with Crippen LogP contribution >= 0.6 is 0 Å². The van der Waals surface area contributed by atoms with Gasteiger partial charge in [0.1, 0.15) is 0 Å². The van der Waals surface area contributed by atoms with Crippen molar-refractivity contribution in [2.75, 3.05) is 0 Å². The Labute approximate surface area is 57.5 Å². The van der Waals surface area contributed by atoms with E-state index < -0.39 is 34.4 Å². The summed E-state index contributed by atoms with van der Waals surface area (Å²) in [6.07, 6.45) is 0. The monoisotopic (exact) mass is 164 g/mol. The molecule has 0 amide bonds. The molecule has 11 heavy (non-hydrogen) atoms. The molecule has 0 spiro atoms. The summed E-state index contributed by atoms with van der Waals surface area (Å²) in [5.74, 6) is -5.89. The third-order valence-electron chi connectivity index (χ3n) is 1.39. The van der Waals surface area contributed by atoms with Crippen molar-refractivity contribution in [3.8, 4) is 0 Å². The molecule has 0 radical (unpaired) electrons. The molecule has 2 aromatic heterocycles. The van der Waals surface area contributed by atoms with E-state index in [0.717, 1.165) is 0 Å². The summed E-state index contributed by atoms with van der Waals surface area (Å²) >= 11 is 0. The van der Waals surface area contributed by atoms with Crippen LogP contribution < -0.4 is 0 Å². The van der Waals surface area contributed by atoms with E-state index in [9.17, 15) is 17.6 Å². The number of fused-ring (bicyclic) bond motifs is 2. The first-order valence-corrected chi connectivity index (χ1v) is 2.66. The van der Waals surface area contributed by atoms with Crippen molar-refractivity contribution in [3.63, 3.8) is 0 Å². The molecule has 0 aromatic carbocycles. The molecule has 0 saturated carbocycles. The number of hydrogen-bond acceptors (Lipinski definition) is 1. The molecule has 2 aromatic rings. The predicted octanol–water partition coefficient (Wildman–Crippen LogP) is 2.43. The van der Waals surface area contributed by atoms with Gasteiger partial charge in [-0.05, 0) is 0 Å². The van der Waals surface area contributed by atoms with Gasteiger partial charge in [0.05, 0.1) is 0 Å². The lowest BCUT2D eigenvalue weighted by Crippen LogP contribution is -1.87. The highest BCUT2D eigenvalue weighted by Gasteiger charge is 2.28. The van der Waals surface area contributed by atoms with Gasteiger partial charge in [0, 0.05) is 0 Å². The van der Waals surface area contributed by atoms with Crippen LogP contribution in [0.1, 0.15) is 0 Å². The molecule has 0 N–H and O–H groups in total. The summed E-state index contributed by atoms with van der Waals surface area (Å²) < 4.78 is 53.4. The minimum atomic E-state index is -1.47. The van der Waals surface area contributed by atoms with E-state index in [-0.39, 0.29) is 0 Å². The molecule has 2 bridgehead atoms. The second-order valence-electron chi connectivity index (χ2n) is 2.02. The zero-order valence-corrected chi connectivity index (χ0v) is 4.92. The Bertz CT molecular complexity index is 336. The maximum absolute atomic E-state index is 12.3. The van der Waals surface area contributed by atoms with E-state index in [1.807, 2.05) is 0 Å². The van der Waals surface area contributed by atoms with Crippen molar-refractivity contribution in [1.82, 2.24) is 0 Å². The van der Waals surface area contributed by atoms with Crippen LogP contribution in [0.15, 0.2) is 4.42 Å². The first-order valence-electron chi connectivity index (χ1n) is 2.66. The Morgan fingerprint density at radius 2 is 0.909 bits per heavy atom. The summed E-state index contributed by atoms with van der Waals surface area (Å²) in [4.78, 5) is 0. The SMILES string of the molecule is Fc1c(F)c2oc1c(F)c2F. The lowest BCUT2D eigenvalue weighted by Gasteiger charge is -1.86. The van der Waals surface area contributed by atoms with Gasteiger partial charge in [-0.25, -0.2) is 0 Å². The van der Waals surface area contributed by atoms with Crippen LogP contribution in [0.3, 0.4) is 0 Å². The van der Waals surface area contributed by atoms with Crippen LogP contribution in [0, 0.1) is 23.3 Å². The molecule has 2 heterocycles. The van der Waals surface area contributed by atoms with E-state index in [2.05, 4.69) is 4.42 Å². The fraction of sp³-hybridized carbons (Fsp3) is 0. The highest BCUT2D eigenvalue weighted by molar-refractivity contribution is 5.64. The number of hydrogen-bond donors (Lipinski definition) is 0. The molecule has 0 aliphatic heterocycles. The third kappa shape index (κ3) is 0.555. The molecule has 0 aliphatic carbocycles. The lowest BCUT2D eigenvalue weighted by molar-refractivity contribution is 0.487. The quantitative estimate of drug-likeness (QED) is 0.430. The van der Waals surface area contributed by atoms with Crippen molar-refractivity contribution in [3.05, 3.63) is 23.3 Å². The fourth-order valence-corrected chi connectivity index (χ4v) is 0.873. The summed E-state index contributed by atoms with van der Waals surface area (Å²) in [6, 6.07) is 0. The minimum absolute atomic E-state index is 0.991. The Morgan fingerprint density at radius 1 is 0.636 bits per heavy atom. The smallest absolute Gasteiger partial charge is 0.208 e. The predicted molar refractivity (Wildman–Crippen MR) is 27.2 cm³/mol. The molecule has 58 valence electrons. The first-order chi connectivity index (χ1) is 5.13. The molecule has 0 fully saturated rings. The Balaban J connectivity index is 2.98. The highest BCUT2D eigenvalue weighted by Crippen LogP contribution is 2.31. The maximum atomic E-state index is 12.3. The van der Waals surface area contributed by atoms with Crippen LogP contribution in [0.2, 0.25) is 0 Å². The van der Waals surface area contributed by atoms with Gasteiger partial charge in [-0.2, -0.15) is 17.6 Å². The molecule has 1 nitrogen and oxygen atoms in total. The van der Waals surface area contributed by atoms with Gasteiger partial charge >= 0.3 is 0 Å². The second kappa shape index (κ2) is 1.66. The van der Waals surface area contributed by atoms with E-state index in [0.29, 0.717) is 0 Å². The van der Waals surface area contributed by atoms with E-state index in [1.165, 1.54) is 0 Å². The summed E-state index contributed by atoms with van der Waals surface area (Å²) in [5.41, 5.74) is -1.98. The summed E-state index contributed by atoms with van der Waals surface area (Å²) in [6.45, 7) is 0. The molecule has 0 aliphatic rings. The van der Waals surface area contributed by atoms with Crippen molar-refractivity contribution >= 4 is 11.2 Å². The maximum Gasteiger partial charge on any atom is 0.208 e. The number of benzene rings is 1. The highest BCUT2D eigenvalue weighted by atomic mass is 19.2. The summed E-state index contributed by atoms with van der Waals surface area (Å²) in [5, 5.41) is 0. The third-order valence-corrected chi connectivity index (χ3v) is 1.39. The average molecular weight is 164 g/mol. The largest absolute Gasteiger partial charge is 0.444 e. The first kappa shape index (κ1) is 6.45. The zero-order chi connectivity index (χ0) is 8.17. The zero-order valence-electron chi connectivity index (χ0n) is 4.92. The van der Waals surface area contributed by atoms with E-state index in [1.54, 1.807) is 0 Å². The molecule has 5 heteroatoms. The number of rotatable bonds is 0. The Kier molecular flexibility index (Phi) is 0.976. The van der Waals surface area contributed by atoms with Gasteiger partial charge in [0.15, 0.2) is 0 Å². The van der Waals surface area contributed by atoms with Crippen molar-refractivity contribution < 1.29 is 22.0 Å². The molecule has 0 unspecified atom stereocenters. The molecule has 2 rings (SSSR count). The topological polar surface area (TPSA) is 13.1 Å². The normalized spacial score (nSPS) is 11.6. The Morgan fingerprint density at radius 3 is 1.09 bits per heavy atom. The molecule has 0 saturated heterocycles. The van der Waals surface area contributed by atoms with Gasteiger partial charge in [0.2, 0.25) is 34.4 Å².